The van der Waals surface area contributed by atoms with Crippen LogP contribution in [0.1, 0.15) is 32.6 Å². The lowest BCUT2D eigenvalue weighted by Gasteiger charge is -2.34. The maximum atomic E-state index is 12.4. The number of hydrogen-bond donors (Lipinski definition) is 2. The standard InChI is InChI=1S/C20H31N3O2/c1-16-7-3-4-8-17(16)21-20(24)15-22-11-13-23(14-12-22)18-9-5-6-10-19(18)25-2/h5-6,9-10,16-17H,3-4,7-8,11-15H2,1-2H3,(H,21,24)/p+1/t16-,17+/m0/s1. The van der Waals surface area contributed by atoms with Gasteiger partial charge in [-0.15, -0.1) is 0 Å². The average molecular weight is 346 g/mol. The number of benzene rings is 1. The molecule has 0 spiro atoms. The number of carbonyl (C=O) groups excluding carboxylic acids is 1. The SMILES string of the molecule is COc1ccccc1N1CC[NH+](CC(=O)N[C@@H]2CCCC[C@@H]2C)CC1. The zero-order valence-electron chi connectivity index (χ0n) is 15.6. The van der Waals surface area contributed by atoms with Crippen molar-refractivity contribution < 1.29 is 14.4 Å². The van der Waals surface area contributed by atoms with Gasteiger partial charge >= 0.3 is 0 Å². The summed E-state index contributed by atoms with van der Waals surface area (Å²) in [4.78, 5) is 16.2. The number of methoxy groups -OCH3 is 1. The van der Waals surface area contributed by atoms with Gasteiger partial charge in [0.05, 0.1) is 39.0 Å². The summed E-state index contributed by atoms with van der Waals surface area (Å²) in [7, 11) is 1.72. The van der Waals surface area contributed by atoms with Crippen molar-refractivity contribution in [2.45, 2.75) is 38.6 Å². The number of hydrogen-bond acceptors (Lipinski definition) is 3. The van der Waals surface area contributed by atoms with E-state index in [1.54, 1.807) is 7.11 Å². The number of carbonyl (C=O) groups is 1. The fourth-order valence-electron chi connectivity index (χ4n) is 4.15. The normalized spacial score (nSPS) is 24.8. The van der Waals surface area contributed by atoms with E-state index in [2.05, 4.69) is 29.3 Å². The van der Waals surface area contributed by atoms with Crippen LogP contribution in [0, 0.1) is 5.92 Å². The number of amides is 1. The van der Waals surface area contributed by atoms with Gasteiger partial charge in [-0.05, 0) is 30.9 Å². The van der Waals surface area contributed by atoms with Crippen molar-refractivity contribution in [1.82, 2.24) is 5.32 Å². The number of nitrogens with one attached hydrogen (secondary N) is 2. The Morgan fingerprint density at radius 1 is 1.24 bits per heavy atom. The highest BCUT2D eigenvalue weighted by atomic mass is 16.5. The molecule has 1 amide bonds. The lowest BCUT2D eigenvalue weighted by atomic mass is 9.86. The number of piperazine rings is 1. The molecule has 5 heteroatoms. The molecule has 0 unspecified atom stereocenters. The van der Waals surface area contributed by atoms with E-state index in [-0.39, 0.29) is 5.91 Å². The van der Waals surface area contributed by atoms with Crippen LogP contribution in [0.25, 0.3) is 0 Å². The quantitative estimate of drug-likeness (QED) is 0.839. The molecule has 5 nitrogen and oxygen atoms in total. The van der Waals surface area contributed by atoms with Gasteiger partial charge < -0.3 is 19.9 Å². The zero-order valence-corrected chi connectivity index (χ0v) is 15.6. The fraction of sp³-hybridized carbons (Fsp3) is 0.650. The summed E-state index contributed by atoms with van der Waals surface area (Å²) in [6.07, 6.45) is 4.95. The van der Waals surface area contributed by atoms with Gasteiger partial charge in [0.1, 0.15) is 5.75 Å². The molecule has 1 aliphatic carbocycles. The number of nitrogens with zero attached hydrogens (tertiary/aromatic N) is 1. The first-order chi connectivity index (χ1) is 12.2. The van der Waals surface area contributed by atoms with Gasteiger partial charge in [0.2, 0.25) is 0 Å². The molecule has 25 heavy (non-hydrogen) atoms. The van der Waals surface area contributed by atoms with Crippen LogP contribution >= 0.6 is 0 Å². The van der Waals surface area contributed by atoms with Gasteiger partial charge in [-0.3, -0.25) is 4.79 Å². The first kappa shape index (κ1) is 18.1. The highest BCUT2D eigenvalue weighted by molar-refractivity contribution is 5.77. The van der Waals surface area contributed by atoms with E-state index in [1.165, 1.54) is 24.2 Å². The number of rotatable bonds is 5. The van der Waals surface area contributed by atoms with Crippen molar-refractivity contribution >= 4 is 11.6 Å². The van der Waals surface area contributed by atoms with Crippen LogP contribution < -0.4 is 19.9 Å². The third-order valence-electron chi connectivity index (χ3n) is 5.76. The minimum absolute atomic E-state index is 0.222. The topological polar surface area (TPSA) is 46.0 Å². The molecule has 0 aromatic heterocycles. The van der Waals surface area contributed by atoms with Gasteiger partial charge in [0.25, 0.3) is 5.91 Å². The van der Waals surface area contributed by atoms with Crippen LogP contribution in [0.3, 0.4) is 0 Å². The van der Waals surface area contributed by atoms with Gasteiger partial charge in [-0.2, -0.15) is 0 Å². The van der Waals surface area contributed by atoms with E-state index >= 15 is 0 Å². The van der Waals surface area contributed by atoms with E-state index < -0.39 is 0 Å². The molecule has 138 valence electrons. The molecular weight excluding hydrogens is 314 g/mol. The molecule has 2 N–H and O–H groups in total. The van der Waals surface area contributed by atoms with Gasteiger partial charge in [0, 0.05) is 6.04 Å². The second-order valence-corrected chi connectivity index (χ2v) is 7.52. The molecule has 2 atom stereocenters. The first-order valence-corrected chi connectivity index (χ1v) is 9.68. The molecule has 0 radical (unpaired) electrons. The molecule has 1 aliphatic heterocycles. The van der Waals surface area contributed by atoms with E-state index in [1.807, 2.05) is 12.1 Å². The monoisotopic (exact) mass is 346 g/mol. The summed E-state index contributed by atoms with van der Waals surface area (Å²) < 4.78 is 5.47. The maximum absolute atomic E-state index is 12.4. The van der Waals surface area contributed by atoms with Crippen LogP contribution in [0.4, 0.5) is 5.69 Å². The van der Waals surface area contributed by atoms with E-state index in [4.69, 9.17) is 4.74 Å². The zero-order chi connectivity index (χ0) is 17.6. The van der Waals surface area contributed by atoms with Crippen molar-refractivity contribution in [3.05, 3.63) is 24.3 Å². The van der Waals surface area contributed by atoms with Gasteiger partial charge in [-0.25, -0.2) is 0 Å². The van der Waals surface area contributed by atoms with Crippen LogP contribution in [0.15, 0.2) is 24.3 Å². The van der Waals surface area contributed by atoms with Crippen LogP contribution in [0.2, 0.25) is 0 Å². The molecule has 3 rings (SSSR count). The van der Waals surface area contributed by atoms with Crippen LogP contribution in [-0.4, -0.2) is 51.8 Å². The average Bonchev–Trinajstić information content (AvgIpc) is 2.64. The minimum atomic E-state index is 0.222. The second-order valence-electron chi connectivity index (χ2n) is 7.52. The third-order valence-corrected chi connectivity index (χ3v) is 5.76. The largest absolute Gasteiger partial charge is 0.495 e. The van der Waals surface area contributed by atoms with Crippen LogP contribution in [-0.2, 0) is 4.79 Å². The van der Waals surface area contributed by atoms with E-state index in [9.17, 15) is 4.79 Å². The Morgan fingerprint density at radius 3 is 2.68 bits per heavy atom. The Bertz CT molecular complexity index is 570. The summed E-state index contributed by atoms with van der Waals surface area (Å²) in [6.45, 7) is 6.77. The minimum Gasteiger partial charge on any atom is -0.495 e. The highest BCUT2D eigenvalue weighted by Crippen LogP contribution is 2.27. The van der Waals surface area contributed by atoms with Crippen molar-refractivity contribution in [3.8, 4) is 5.75 Å². The second kappa shape index (κ2) is 8.56. The Balaban J connectivity index is 1.46. The van der Waals surface area contributed by atoms with Crippen molar-refractivity contribution in [1.29, 1.82) is 0 Å². The summed E-state index contributed by atoms with van der Waals surface area (Å²) >= 11 is 0. The predicted molar refractivity (Wildman–Crippen MR) is 100 cm³/mol. The number of quaternary nitrogens is 1. The molecule has 1 aromatic rings. The molecule has 2 aliphatic rings. The smallest absolute Gasteiger partial charge is 0.275 e. The Labute approximate surface area is 151 Å². The number of ether oxygens (including phenoxy) is 1. The predicted octanol–water partition coefficient (Wildman–Crippen LogP) is 1.10. The van der Waals surface area contributed by atoms with Crippen molar-refractivity contribution in [2.24, 2.45) is 5.92 Å². The van der Waals surface area contributed by atoms with E-state index in [0.717, 1.165) is 44.0 Å². The molecule has 1 aromatic carbocycles. The molecular formula is C20H32N3O2+. The number of para-hydroxylation sites is 2. The lowest BCUT2D eigenvalue weighted by molar-refractivity contribution is -0.892. The van der Waals surface area contributed by atoms with Crippen molar-refractivity contribution in [2.75, 3.05) is 44.7 Å². The molecule has 0 bridgehead atoms. The third kappa shape index (κ3) is 4.66. The van der Waals surface area contributed by atoms with Crippen molar-refractivity contribution in [3.63, 3.8) is 0 Å². The fourth-order valence-corrected chi connectivity index (χ4v) is 4.15. The number of anilines is 1. The lowest BCUT2D eigenvalue weighted by Crippen LogP contribution is -3.16. The van der Waals surface area contributed by atoms with Gasteiger partial charge in [-0.1, -0.05) is 31.9 Å². The van der Waals surface area contributed by atoms with Crippen LogP contribution in [0.5, 0.6) is 5.75 Å². The summed E-state index contributed by atoms with van der Waals surface area (Å²) in [5.41, 5.74) is 1.16. The molecule has 1 heterocycles. The molecule has 2 fully saturated rings. The Morgan fingerprint density at radius 2 is 1.96 bits per heavy atom. The molecule has 1 saturated heterocycles. The van der Waals surface area contributed by atoms with E-state index in [0.29, 0.717) is 18.5 Å². The maximum Gasteiger partial charge on any atom is 0.275 e. The summed E-state index contributed by atoms with van der Waals surface area (Å²) in [5, 5.41) is 3.28. The first-order valence-electron chi connectivity index (χ1n) is 9.68. The van der Waals surface area contributed by atoms with Gasteiger partial charge in [0.15, 0.2) is 6.54 Å². The Kier molecular flexibility index (Phi) is 6.19. The summed E-state index contributed by atoms with van der Waals surface area (Å²) in [5.74, 6) is 1.77. The molecule has 1 saturated carbocycles. The summed E-state index contributed by atoms with van der Waals surface area (Å²) in [6, 6.07) is 8.56. The Hall–Kier alpha value is -1.75. The highest BCUT2D eigenvalue weighted by Gasteiger charge is 2.27.